The molecule has 2 unspecified atom stereocenters. The van der Waals surface area contributed by atoms with Gasteiger partial charge in [0.25, 0.3) is 0 Å². The van der Waals surface area contributed by atoms with Gasteiger partial charge in [-0.25, -0.2) is 0 Å². The first-order valence-electron chi connectivity index (χ1n) is 7.33. The average molecular weight is 262 g/mol. The molecule has 0 spiro atoms. The topological polar surface area (TPSA) is 24.5 Å². The number of nitrogens with one attached hydrogen (secondary N) is 1. The average Bonchev–Trinajstić information content (AvgIpc) is 2.42. The van der Waals surface area contributed by atoms with Crippen molar-refractivity contribution in [3.8, 4) is 0 Å². The molecule has 106 valence electrons. The van der Waals surface area contributed by atoms with Crippen molar-refractivity contribution in [1.29, 1.82) is 0 Å². The van der Waals surface area contributed by atoms with Gasteiger partial charge >= 0.3 is 0 Å². The van der Waals surface area contributed by atoms with Gasteiger partial charge in [0, 0.05) is 25.7 Å². The van der Waals surface area contributed by atoms with Crippen LogP contribution in [0.1, 0.15) is 31.9 Å². The maximum Gasteiger partial charge on any atom is 0.0674 e. The van der Waals surface area contributed by atoms with Crippen molar-refractivity contribution in [2.45, 2.75) is 46.0 Å². The van der Waals surface area contributed by atoms with Crippen molar-refractivity contribution in [2.75, 3.05) is 19.7 Å². The maximum atomic E-state index is 5.70. The molecule has 3 heteroatoms. The van der Waals surface area contributed by atoms with Crippen molar-refractivity contribution in [3.63, 3.8) is 0 Å². The lowest BCUT2D eigenvalue weighted by atomic mass is 10.1. The molecule has 2 atom stereocenters. The van der Waals surface area contributed by atoms with Crippen molar-refractivity contribution < 1.29 is 4.74 Å². The van der Waals surface area contributed by atoms with Crippen LogP contribution in [-0.2, 0) is 17.8 Å². The summed E-state index contributed by atoms with van der Waals surface area (Å²) in [4.78, 5) is 2.53. The summed E-state index contributed by atoms with van der Waals surface area (Å²) in [6.45, 7) is 11.4. The molecule has 1 fully saturated rings. The molecule has 1 aliphatic rings. The highest BCUT2D eigenvalue weighted by Gasteiger charge is 2.23. The fourth-order valence-corrected chi connectivity index (χ4v) is 2.55. The second kappa shape index (κ2) is 7.04. The Morgan fingerprint density at radius 3 is 2.74 bits per heavy atom. The third-order valence-electron chi connectivity index (χ3n) is 3.79. The number of hydrogen-bond acceptors (Lipinski definition) is 3. The van der Waals surface area contributed by atoms with E-state index in [4.69, 9.17) is 4.74 Å². The van der Waals surface area contributed by atoms with Gasteiger partial charge in [0.2, 0.25) is 0 Å². The number of hydrogen-bond donors (Lipinski definition) is 1. The molecule has 0 aromatic heterocycles. The predicted octanol–water partition coefficient (Wildman–Crippen LogP) is 2.41. The third kappa shape index (κ3) is 4.03. The van der Waals surface area contributed by atoms with Crippen LogP contribution in [0.4, 0.5) is 0 Å². The van der Waals surface area contributed by atoms with Crippen LogP contribution < -0.4 is 5.32 Å². The quantitative estimate of drug-likeness (QED) is 0.882. The van der Waals surface area contributed by atoms with E-state index in [0.717, 1.165) is 32.8 Å². The normalized spacial score (nSPS) is 24.6. The Labute approximate surface area is 116 Å². The minimum Gasteiger partial charge on any atom is -0.376 e. The Balaban J connectivity index is 2.04. The first kappa shape index (κ1) is 14.5. The molecule has 0 bridgehead atoms. The monoisotopic (exact) mass is 262 g/mol. The van der Waals surface area contributed by atoms with Gasteiger partial charge in [0.1, 0.15) is 0 Å². The molecule has 3 nitrogen and oxygen atoms in total. The SMILES string of the molecule is CCNCc1ccccc1CN1CC(C)OCC1C. The summed E-state index contributed by atoms with van der Waals surface area (Å²) in [5, 5.41) is 3.42. The van der Waals surface area contributed by atoms with Gasteiger partial charge in [-0.2, -0.15) is 0 Å². The minimum atomic E-state index is 0.345. The van der Waals surface area contributed by atoms with E-state index in [0.29, 0.717) is 12.1 Å². The van der Waals surface area contributed by atoms with Crippen LogP contribution in [0.15, 0.2) is 24.3 Å². The van der Waals surface area contributed by atoms with E-state index < -0.39 is 0 Å². The van der Waals surface area contributed by atoms with E-state index in [1.165, 1.54) is 11.1 Å². The molecular formula is C16H26N2O. The third-order valence-corrected chi connectivity index (χ3v) is 3.79. The van der Waals surface area contributed by atoms with Gasteiger partial charge in [-0.3, -0.25) is 4.90 Å². The fourth-order valence-electron chi connectivity index (χ4n) is 2.55. The Bertz CT molecular complexity index is 394. The zero-order valence-electron chi connectivity index (χ0n) is 12.4. The van der Waals surface area contributed by atoms with Gasteiger partial charge < -0.3 is 10.1 Å². The smallest absolute Gasteiger partial charge is 0.0674 e. The Morgan fingerprint density at radius 1 is 1.26 bits per heavy atom. The van der Waals surface area contributed by atoms with Crippen LogP contribution in [0.25, 0.3) is 0 Å². The zero-order valence-corrected chi connectivity index (χ0v) is 12.4. The standard InChI is InChI=1S/C16H26N2O/c1-4-17-9-15-7-5-6-8-16(15)11-18-10-14(3)19-12-13(18)2/h5-8,13-14,17H,4,9-12H2,1-3H3. The molecule has 1 aromatic rings. The summed E-state index contributed by atoms with van der Waals surface area (Å²) < 4.78 is 5.70. The van der Waals surface area contributed by atoms with Gasteiger partial charge in [0.15, 0.2) is 0 Å². The maximum absolute atomic E-state index is 5.70. The van der Waals surface area contributed by atoms with Gasteiger partial charge in [-0.05, 0) is 31.5 Å². The molecule has 1 heterocycles. The second-order valence-corrected chi connectivity index (χ2v) is 5.47. The summed E-state index contributed by atoms with van der Waals surface area (Å²) in [5.41, 5.74) is 2.85. The lowest BCUT2D eigenvalue weighted by Gasteiger charge is -2.37. The van der Waals surface area contributed by atoms with Crippen LogP contribution in [0, 0.1) is 0 Å². The molecule has 1 aliphatic heterocycles. The van der Waals surface area contributed by atoms with Crippen molar-refractivity contribution >= 4 is 0 Å². The molecule has 0 amide bonds. The molecule has 1 saturated heterocycles. The molecule has 1 N–H and O–H groups in total. The van der Waals surface area contributed by atoms with Gasteiger partial charge in [0.05, 0.1) is 12.7 Å². The molecule has 0 aliphatic carbocycles. The summed E-state index contributed by atoms with van der Waals surface area (Å²) >= 11 is 0. The first-order valence-corrected chi connectivity index (χ1v) is 7.33. The van der Waals surface area contributed by atoms with Crippen molar-refractivity contribution in [3.05, 3.63) is 35.4 Å². The predicted molar refractivity (Wildman–Crippen MR) is 79.1 cm³/mol. The minimum absolute atomic E-state index is 0.345. The summed E-state index contributed by atoms with van der Waals surface area (Å²) in [5.74, 6) is 0. The Hall–Kier alpha value is -0.900. The summed E-state index contributed by atoms with van der Waals surface area (Å²) in [6, 6.07) is 9.25. The van der Waals surface area contributed by atoms with E-state index in [1.807, 2.05) is 0 Å². The lowest BCUT2D eigenvalue weighted by molar-refractivity contribution is -0.0527. The fraction of sp³-hybridized carbons (Fsp3) is 0.625. The molecular weight excluding hydrogens is 236 g/mol. The van der Waals surface area contributed by atoms with E-state index in [1.54, 1.807) is 0 Å². The van der Waals surface area contributed by atoms with E-state index in [-0.39, 0.29) is 0 Å². The molecule has 1 aromatic carbocycles. The van der Waals surface area contributed by atoms with Gasteiger partial charge in [-0.15, -0.1) is 0 Å². The van der Waals surface area contributed by atoms with Crippen molar-refractivity contribution in [2.24, 2.45) is 0 Å². The van der Waals surface area contributed by atoms with Crippen LogP contribution >= 0.6 is 0 Å². The highest BCUT2D eigenvalue weighted by molar-refractivity contribution is 5.27. The highest BCUT2D eigenvalue weighted by atomic mass is 16.5. The van der Waals surface area contributed by atoms with Crippen LogP contribution in [0.5, 0.6) is 0 Å². The zero-order chi connectivity index (χ0) is 13.7. The van der Waals surface area contributed by atoms with E-state index >= 15 is 0 Å². The Kier molecular flexibility index (Phi) is 5.37. The number of benzene rings is 1. The van der Waals surface area contributed by atoms with E-state index in [9.17, 15) is 0 Å². The van der Waals surface area contributed by atoms with Crippen LogP contribution in [0.3, 0.4) is 0 Å². The Morgan fingerprint density at radius 2 is 2.00 bits per heavy atom. The molecule has 2 rings (SSSR count). The number of rotatable bonds is 5. The second-order valence-electron chi connectivity index (χ2n) is 5.47. The van der Waals surface area contributed by atoms with Crippen LogP contribution in [-0.4, -0.2) is 36.7 Å². The first-order chi connectivity index (χ1) is 9.20. The largest absolute Gasteiger partial charge is 0.376 e. The number of morpholine rings is 1. The summed E-state index contributed by atoms with van der Waals surface area (Å²) in [7, 11) is 0. The van der Waals surface area contributed by atoms with E-state index in [2.05, 4.69) is 55.3 Å². The number of nitrogens with zero attached hydrogens (tertiary/aromatic N) is 1. The van der Waals surface area contributed by atoms with Gasteiger partial charge in [-0.1, -0.05) is 31.2 Å². The van der Waals surface area contributed by atoms with Crippen molar-refractivity contribution in [1.82, 2.24) is 10.2 Å². The lowest BCUT2D eigenvalue weighted by Crippen LogP contribution is -2.46. The van der Waals surface area contributed by atoms with Crippen LogP contribution in [0.2, 0.25) is 0 Å². The highest BCUT2D eigenvalue weighted by Crippen LogP contribution is 2.17. The number of ether oxygens (including phenoxy) is 1. The molecule has 0 saturated carbocycles. The molecule has 19 heavy (non-hydrogen) atoms. The molecule has 0 radical (unpaired) electrons. The summed E-state index contributed by atoms with van der Waals surface area (Å²) in [6.07, 6.45) is 0.345.